The molecule has 0 spiro atoms. The minimum Gasteiger partial charge on any atom is -0.422 e. The van der Waals surface area contributed by atoms with Gasteiger partial charge in [-0.15, -0.1) is 0 Å². The highest BCUT2D eigenvalue weighted by Gasteiger charge is 2.24. The Morgan fingerprint density at radius 2 is 1.85 bits per heavy atom. The first-order valence-electron chi connectivity index (χ1n) is 12.4. The number of aliphatic imine (C=N–C) groups is 1. The van der Waals surface area contributed by atoms with Gasteiger partial charge in [-0.1, -0.05) is 6.07 Å². The zero-order valence-electron chi connectivity index (χ0n) is 21.8. The van der Waals surface area contributed by atoms with Gasteiger partial charge in [0.1, 0.15) is 11.3 Å². The van der Waals surface area contributed by atoms with Crippen LogP contribution in [0, 0.1) is 29.6 Å². The maximum Gasteiger partial charge on any atom is 0.345 e. The zero-order chi connectivity index (χ0) is 28.4. The maximum atomic E-state index is 12.9. The normalized spacial score (nSPS) is 12.8. The molecule has 2 atom stereocenters. The number of anilines is 1. The minimum atomic E-state index is -1.28. The van der Waals surface area contributed by atoms with Crippen molar-refractivity contribution in [2.45, 2.75) is 38.8 Å². The number of nitriles is 2. The number of pyridine rings is 1. The molecular weight excluding hydrogens is 500 g/mol. The van der Waals surface area contributed by atoms with Crippen LogP contribution >= 0.6 is 0 Å². The third kappa shape index (κ3) is 7.48. The smallest absolute Gasteiger partial charge is 0.345 e. The van der Waals surface area contributed by atoms with Crippen molar-refractivity contribution in [1.82, 2.24) is 10.3 Å². The minimum absolute atomic E-state index is 0.0309. The number of rotatable bonds is 12. The molecule has 2 aromatic heterocycles. The van der Waals surface area contributed by atoms with E-state index >= 15 is 0 Å². The zero-order valence-corrected chi connectivity index (χ0v) is 21.8. The summed E-state index contributed by atoms with van der Waals surface area (Å²) in [5.74, 6) is -0.619. The molecule has 1 aromatic carbocycles. The van der Waals surface area contributed by atoms with Gasteiger partial charge in [0.25, 0.3) is 5.91 Å². The number of amides is 1. The van der Waals surface area contributed by atoms with Gasteiger partial charge in [0.15, 0.2) is 12.1 Å². The van der Waals surface area contributed by atoms with Crippen molar-refractivity contribution in [3.8, 4) is 12.1 Å². The van der Waals surface area contributed by atoms with Gasteiger partial charge in [0.2, 0.25) is 0 Å². The van der Waals surface area contributed by atoms with Crippen molar-refractivity contribution in [1.29, 1.82) is 10.5 Å². The van der Waals surface area contributed by atoms with E-state index in [0.717, 1.165) is 5.69 Å². The molecule has 1 amide bonds. The van der Waals surface area contributed by atoms with Gasteiger partial charge >= 0.3 is 5.63 Å². The molecule has 39 heavy (non-hydrogen) atoms. The van der Waals surface area contributed by atoms with E-state index < -0.39 is 23.6 Å². The molecule has 0 saturated carbocycles. The van der Waals surface area contributed by atoms with Crippen molar-refractivity contribution in [3.63, 3.8) is 0 Å². The molecule has 0 saturated heterocycles. The second kappa shape index (κ2) is 13.8. The summed E-state index contributed by atoms with van der Waals surface area (Å²) in [5.41, 5.74) is 1.49. The average molecular weight is 531 g/mol. The molecule has 3 aromatic rings. The lowest BCUT2D eigenvalue weighted by Crippen LogP contribution is -2.41. The fourth-order valence-electron chi connectivity index (χ4n) is 3.96. The van der Waals surface area contributed by atoms with E-state index in [9.17, 15) is 30.3 Å². The Labute approximate surface area is 225 Å². The summed E-state index contributed by atoms with van der Waals surface area (Å²) in [6.45, 7) is 4.46. The highest BCUT2D eigenvalue weighted by atomic mass is 16.4. The van der Waals surface area contributed by atoms with Crippen LogP contribution in [0.2, 0.25) is 0 Å². The first-order chi connectivity index (χ1) is 18.8. The Morgan fingerprint density at radius 3 is 2.46 bits per heavy atom. The summed E-state index contributed by atoms with van der Waals surface area (Å²) in [7, 11) is 0. The number of aryl methyl sites for hydroxylation is 1. The number of nitrogens with one attached hydrogen (secondary N) is 1. The van der Waals surface area contributed by atoms with Crippen LogP contribution in [0.1, 0.15) is 41.5 Å². The summed E-state index contributed by atoms with van der Waals surface area (Å²) in [6.07, 6.45) is 1.10. The van der Waals surface area contributed by atoms with Crippen LogP contribution in [0.15, 0.2) is 56.7 Å². The fraction of sp³-hybridized carbons (Fsp3) is 0.357. The second-order valence-electron chi connectivity index (χ2n) is 8.84. The fourth-order valence-corrected chi connectivity index (χ4v) is 3.96. The number of benzene rings is 1. The van der Waals surface area contributed by atoms with E-state index in [-0.39, 0.29) is 30.2 Å². The lowest BCUT2D eigenvalue weighted by atomic mass is 10.1. The Kier molecular flexibility index (Phi) is 10.3. The Bertz CT molecular complexity index is 1480. The molecule has 202 valence electrons. The first kappa shape index (κ1) is 29.0. The molecule has 0 aliphatic heterocycles. The molecule has 0 fully saturated rings. The van der Waals surface area contributed by atoms with Gasteiger partial charge in [-0.05, 0) is 57.0 Å². The van der Waals surface area contributed by atoms with Crippen LogP contribution < -0.4 is 15.8 Å². The molecule has 0 aliphatic rings. The lowest BCUT2D eigenvalue weighted by molar-refractivity contribution is 0.0938. The van der Waals surface area contributed by atoms with Crippen LogP contribution in [-0.4, -0.2) is 65.2 Å². The number of carbonyl (C=O) groups is 1. The van der Waals surface area contributed by atoms with Gasteiger partial charge in [0.05, 0.1) is 17.7 Å². The Balaban J connectivity index is 1.87. The summed E-state index contributed by atoms with van der Waals surface area (Å²) in [5, 5.41) is 40.8. The topological polar surface area (TPSA) is 176 Å². The molecule has 11 nitrogen and oxygen atoms in total. The number of nitrogens with zero attached hydrogens (tertiary/aromatic N) is 5. The van der Waals surface area contributed by atoms with Crippen molar-refractivity contribution < 1.29 is 19.4 Å². The highest BCUT2D eigenvalue weighted by Crippen LogP contribution is 2.23. The number of aliphatic hydroxyl groups excluding tert-OH is 2. The van der Waals surface area contributed by atoms with E-state index in [4.69, 9.17) is 4.42 Å². The number of aliphatic hydroxyl groups is 2. The molecule has 0 bridgehead atoms. The average Bonchev–Trinajstić information content (AvgIpc) is 2.94. The SMILES string of the molecule is CC(=NC(C#N)C(C#N)NC(=O)c1cccc(C)n1)c1cc2ccc(N(CCCO)CCCO)cc2oc1=O. The van der Waals surface area contributed by atoms with E-state index in [1.54, 1.807) is 37.3 Å². The maximum absolute atomic E-state index is 12.9. The third-order valence-corrected chi connectivity index (χ3v) is 5.97. The van der Waals surface area contributed by atoms with Crippen LogP contribution in [0.25, 0.3) is 11.0 Å². The summed E-state index contributed by atoms with van der Waals surface area (Å²) >= 11 is 0. The summed E-state index contributed by atoms with van der Waals surface area (Å²) in [4.78, 5) is 35.8. The Morgan fingerprint density at radius 1 is 1.13 bits per heavy atom. The molecular formula is C28H30N6O5. The summed E-state index contributed by atoms with van der Waals surface area (Å²) in [6, 6.07) is 13.1. The number of carbonyl (C=O) groups excluding carboxylic acids is 1. The van der Waals surface area contributed by atoms with Crippen LogP contribution in [-0.2, 0) is 0 Å². The first-order valence-corrected chi connectivity index (χ1v) is 12.4. The second-order valence-corrected chi connectivity index (χ2v) is 8.84. The Hall–Kier alpha value is -4.58. The molecule has 3 rings (SSSR count). The standard InChI is InChI=1S/C28H30N6O5/c1-18-6-3-7-23(31-18)27(37)33-25(17-30)24(16-29)32-19(2)22-14-20-8-9-21(15-26(20)39-28(22)38)34(10-4-12-35)11-5-13-36/h3,6-9,14-15,24-25,35-36H,4-5,10-13H2,1-2H3,(H,33,37). The van der Waals surface area contributed by atoms with E-state index in [0.29, 0.717) is 42.6 Å². The molecule has 0 radical (unpaired) electrons. The van der Waals surface area contributed by atoms with Crippen molar-refractivity contribution in [2.24, 2.45) is 4.99 Å². The van der Waals surface area contributed by atoms with E-state index in [1.165, 1.54) is 13.0 Å². The van der Waals surface area contributed by atoms with Gasteiger partial charge in [0, 0.05) is 54.8 Å². The van der Waals surface area contributed by atoms with E-state index in [2.05, 4.69) is 15.3 Å². The third-order valence-electron chi connectivity index (χ3n) is 5.97. The van der Waals surface area contributed by atoms with Gasteiger partial charge in [-0.2, -0.15) is 10.5 Å². The van der Waals surface area contributed by atoms with Crippen LogP contribution in [0.4, 0.5) is 5.69 Å². The van der Waals surface area contributed by atoms with Crippen LogP contribution in [0.5, 0.6) is 0 Å². The molecule has 2 heterocycles. The predicted octanol–water partition coefficient (Wildman–Crippen LogP) is 2.09. The highest BCUT2D eigenvalue weighted by molar-refractivity contribution is 6.01. The number of aromatic nitrogens is 1. The molecule has 0 aliphatic carbocycles. The largest absolute Gasteiger partial charge is 0.422 e. The molecule has 2 unspecified atom stereocenters. The monoisotopic (exact) mass is 530 g/mol. The number of fused-ring (bicyclic) bond motifs is 1. The molecule has 11 heteroatoms. The van der Waals surface area contributed by atoms with E-state index in [1.807, 2.05) is 23.1 Å². The predicted molar refractivity (Wildman–Crippen MR) is 146 cm³/mol. The molecule has 3 N–H and O–H groups in total. The van der Waals surface area contributed by atoms with Crippen LogP contribution in [0.3, 0.4) is 0 Å². The summed E-state index contributed by atoms with van der Waals surface area (Å²) < 4.78 is 5.56. The van der Waals surface area contributed by atoms with Crippen molar-refractivity contribution in [3.05, 3.63) is 69.8 Å². The van der Waals surface area contributed by atoms with Crippen molar-refractivity contribution in [2.75, 3.05) is 31.2 Å². The quantitative estimate of drug-likeness (QED) is 0.234. The lowest BCUT2D eigenvalue weighted by Gasteiger charge is -2.24. The number of hydrogen-bond donors (Lipinski definition) is 3. The number of hydrogen-bond acceptors (Lipinski definition) is 10. The van der Waals surface area contributed by atoms with Gasteiger partial charge in [-0.25, -0.2) is 9.78 Å². The van der Waals surface area contributed by atoms with Gasteiger partial charge in [-0.3, -0.25) is 9.79 Å². The van der Waals surface area contributed by atoms with Gasteiger partial charge < -0.3 is 24.8 Å². The van der Waals surface area contributed by atoms with Crippen molar-refractivity contribution >= 4 is 28.3 Å².